The fraction of sp³-hybridized carbons (Fsp3) is 0.316. The molecule has 0 bridgehead atoms. The average molecular weight is 390 g/mol. The van der Waals surface area contributed by atoms with Gasteiger partial charge < -0.3 is 19.9 Å². The average Bonchev–Trinajstić information content (AvgIpc) is 2.71. The Labute approximate surface area is 160 Å². The molecule has 2 heterocycles. The summed E-state index contributed by atoms with van der Waals surface area (Å²) in [5.74, 6) is -2.12. The summed E-state index contributed by atoms with van der Waals surface area (Å²) in [5, 5.41) is 2.90. The smallest absolute Gasteiger partial charge is 0.409 e. The molecule has 0 saturated carbocycles. The van der Waals surface area contributed by atoms with E-state index < -0.39 is 11.6 Å². The third-order valence-electron chi connectivity index (χ3n) is 4.29. The number of piperazine rings is 1. The summed E-state index contributed by atoms with van der Waals surface area (Å²) in [6, 6.07) is 5.03. The molecule has 0 aliphatic carbocycles. The maximum Gasteiger partial charge on any atom is 0.409 e. The molecule has 28 heavy (non-hydrogen) atoms. The van der Waals surface area contributed by atoms with Gasteiger partial charge in [-0.3, -0.25) is 9.78 Å². The van der Waals surface area contributed by atoms with Crippen molar-refractivity contribution in [1.29, 1.82) is 0 Å². The maximum atomic E-state index is 13.3. The molecule has 0 spiro atoms. The van der Waals surface area contributed by atoms with Gasteiger partial charge in [-0.05, 0) is 25.1 Å². The minimum Gasteiger partial charge on any atom is -0.450 e. The van der Waals surface area contributed by atoms with Crippen molar-refractivity contribution in [2.45, 2.75) is 6.92 Å². The number of ether oxygens (including phenoxy) is 1. The molecule has 9 heteroatoms. The first-order valence-corrected chi connectivity index (χ1v) is 8.86. The van der Waals surface area contributed by atoms with Gasteiger partial charge in [-0.1, -0.05) is 0 Å². The van der Waals surface area contributed by atoms with Crippen LogP contribution in [-0.4, -0.2) is 59.6 Å². The molecule has 1 aliphatic rings. The standard InChI is InChI=1S/C19H20F2N4O3/c1-2-28-19(27)25-7-5-24(6-8-25)18(26)13-9-15(12-22-11-13)23-14-3-4-16(20)17(21)10-14/h3-4,9-12,23H,2,5-8H2,1H3. The molecular weight excluding hydrogens is 370 g/mol. The molecule has 1 saturated heterocycles. The van der Waals surface area contributed by atoms with Gasteiger partial charge in [-0.25, -0.2) is 13.6 Å². The zero-order chi connectivity index (χ0) is 20.1. The summed E-state index contributed by atoms with van der Waals surface area (Å²) in [5.41, 5.74) is 1.17. The Kier molecular flexibility index (Phi) is 6.03. The topological polar surface area (TPSA) is 74.8 Å². The van der Waals surface area contributed by atoms with Gasteiger partial charge in [0.25, 0.3) is 5.91 Å². The molecule has 1 N–H and O–H groups in total. The highest BCUT2D eigenvalue weighted by atomic mass is 19.2. The minimum atomic E-state index is -0.968. The number of rotatable bonds is 4. The molecule has 1 aromatic carbocycles. The monoisotopic (exact) mass is 390 g/mol. The highest BCUT2D eigenvalue weighted by molar-refractivity contribution is 5.95. The van der Waals surface area contributed by atoms with E-state index in [1.54, 1.807) is 22.8 Å². The van der Waals surface area contributed by atoms with Crippen LogP contribution in [0.3, 0.4) is 0 Å². The van der Waals surface area contributed by atoms with Crippen molar-refractivity contribution >= 4 is 23.4 Å². The van der Waals surface area contributed by atoms with Crippen LogP contribution in [0, 0.1) is 11.6 Å². The number of hydrogen-bond acceptors (Lipinski definition) is 5. The van der Waals surface area contributed by atoms with Gasteiger partial charge in [0.2, 0.25) is 0 Å². The van der Waals surface area contributed by atoms with Crippen LogP contribution in [0.15, 0.2) is 36.7 Å². The molecule has 3 rings (SSSR count). The lowest BCUT2D eigenvalue weighted by Gasteiger charge is -2.34. The van der Waals surface area contributed by atoms with Crippen LogP contribution in [0.4, 0.5) is 25.0 Å². The van der Waals surface area contributed by atoms with Gasteiger partial charge in [0.15, 0.2) is 11.6 Å². The molecule has 1 fully saturated rings. The quantitative estimate of drug-likeness (QED) is 0.869. The summed E-state index contributed by atoms with van der Waals surface area (Å²) in [6.45, 7) is 3.61. The van der Waals surface area contributed by atoms with Crippen molar-refractivity contribution in [3.05, 3.63) is 53.9 Å². The maximum absolute atomic E-state index is 13.3. The second-order valence-electron chi connectivity index (χ2n) is 6.19. The highest BCUT2D eigenvalue weighted by Crippen LogP contribution is 2.20. The van der Waals surface area contributed by atoms with Crippen molar-refractivity contribution in [2.75, 3.05) is 38.1 Å². The fourth-order valence-corrected chi connectivity index (χ4v) is 2.86. The number of hydrogen-bond donors (Lipinski definition) is 1. The number of amides is 2. The second-order valence-corrected chi connectivity index (χ2v) is 6.19. The predicted molar refractivity (Wildman–Crippen MR) is 98.4 cm³/mol. The van der Waals surface area contributed by atoms with Gasteiger partial charge in [-0.15, -0.1) is 0 Å². The minimum absolute atomic E-state index is 0.218. The third-order valence-corrected chi connectivity index (χ3v) is 4.29. The van der Waals surface area contributed by atoms with E-state index >= 15 is 0 Å². The van der Waals surface area contributed by atoms with Crippen molar-refractivity contribution in [2.24, 2.45) is 0 Å². The van der Waals surface area contributed by atoms with E-state index in [2.05, 4.69) is 10.3 Å². The fourth-order valence-electron chi connectivity index (χ4n) is 2.86. The molecule has 2 aromatic rings. The van der Waals surface area contributed by atoms with E-state index in [4.69, 9.17) is 4.74 Å². The normalized spacial score (nSPS) is 14.0. The zero-order valence-electron chi connectivity index (χ0n) is 15.3. The number of nitrogens with zero attached hydrogens (tertiary/aromatic N) is 3. The molecule has 1 aliphatic heterocycles. The largest absolute Gasteiger partial charge is 0.450 e. The summed E-state index contributed by atoms with van der Waals surface area (Å²) < 4.78 is 31.3. The summed E-state index contributed by atoms with van der Waals surface area (Å²) in [7, 11) is 0. The van der Waals surface area contributed by atoms with Gasteiger partial charge >= 0.3 is 6.09 Å². The van der Waals surface area contributed by atoms with Crippen LogP contribution < -0.4 is 5.32 Å². The molecular formula is C19H20F2N4O3. The van der Waals surface area contributed by atoms with Crippen LogP contribution in [0.2, 0.25) is 0 Å². The number of anilines is 2. The molecule has 1 aromatic heterocycles. The van der Waals surface area contributed by atoms with Gasteiger partial charge in [0, 0.05) is 44.1 Å². The zero-order valence-corrected chi connectivity index (χ0v) is 15.3. The predicted octanol–water partition coefficient (Wildman–Crippen LogP) is 3.02. The van der Waals surface area contributed by atoms with Crippen molar-refractivity contribution in [1.82, 2.24) is 14.8 Å². The lowest BCUT2D eigenvalue weighted by Crippen LogP contribution is -2.50. The van der Waals surface area contributed by atoms with E-state index in [-0.39, 0.29) is 12.0 Å². The molecule has 148 valence electrons. The summed E-state index contributed by atoms with van der Waals surface area (Å²) >= 11 is 0. The number of aromatic nitrogens is 1. The Morgan fingerprint density at radius 3 is 2.43 bits per heavy atom. The lowest BCUT2D eigenvalue weighted by molar-refractivity contribution is 0.0570. The van der Waals surface area contributed by atoms with Crippen molar-refractivity contribution in [3.8, 4) is 0 Å². The van der Waals surface area contributed by atoms with Crippen LogP contribution in [0.5, 0.6) is 0 Å². The van der Waals surface area contributed by atoms with Gasteiger partial charge in [-0.2, -0.15) is 0 Å². The number of pyridine rings is 1. The number of carbonyl (C=O) groups excluding carboxylic acids is 2. The van der Waals surface area contributed by atoms with E-state index in [1.807, 2.05) is 0 Å². The van der Waals surface area contributed by atoms with Crippen LogP contribution >= 0.6 is 0 Å². The van der Waals surface area contributed by atoms with E-state index in [0.29, 0.717) is 49.7 Å². The molecule has 0 unspecified atom stereocenters. The number of nitrogens with one attached hydrogen (secondary N) is 1. The van der Waals surface area contributed by atoms with Crippen LogP contribution in [0.1, 0.15) is 17.3 Å². The lowest BCUT2D eigenvalue weighted by atomic mass is 10.2. The van der Waals surface area contributed by atoms with E-state index in [9.17, 15) is 18.4 Å². The first-order chi connectivity index (χ1) is 13.5. The highest BCUT2D eigenvalue weighted by Gasteiger charge is 2.25. The molecule has 7 nitrogen and oxygen atoms in total. The van der Waals surface area contributed by atoms with Gasteiger partial charge in [0.1, 0.15) is 0 Å². The Bertz CT molecular complexity index is 870. The van der Waals surface area contributed by atoms with Crippen LogP contribution in [-0.2, 0) is 4.74 Å². The van der Waals surface area contributed by atoms with Crippen molar-refractivity contribution in [3.63, 3.8) is 0 Å². The first kappa shape index (κ1) is 19.5. The SMILES string of the molecule is CCOC(=O)N1CCN(C(=O)c2cncc(Nc3ccc(F)c(F)c3)c2)CC1. The molecule has 2 amide bonds. The second kappa shape index (κ2) is 8.64. The van der Waals surface area contributed by atoms with E-state index in [1.165, 1.54) is 18.5 Å². The van der Waals surface area contributed by atoms with E-state index in [0.717, 1.165) is 12.1 Å². The molecule has 0 radical (unpaired) electrons. The Morgan fingerprint density at radius 2 is 1.75 bits per heavy atom. The van der Waals surface area contributed by atoms with Crippen molar-refractivity contribution < 1.29 is 23.1 Å². The number of halogens is 2. The molecule has 0 atom stereocenters. The van der Waals surface area contributed by atoms with Gasteiger partial charge in [0.05, 0.1) is 24.1 Å². The summed E-state index contributed by atoms with van der Waals surface area (Å²) in [6.07, 6.45) is 2.54. The third kappa shape index (κ3) is 4.54. The Balaban J connectivity index is 1.64. The number of benzene rings is 1. The first-order valence-electron chi connectivity index (χ1n) is 8.86. The Morgan fingerprint density at radius 1 is 1.04 bits per heavy atom. The Hall–Kier alpha value is -3.23. The van der Waals surface area contributed by atoms with Crippen LogP contribution in [0.25, 0.3) is 0 Å². The summed E-state index contributed by atoms with van der Waals surface area (Å²) in [4.78, 5) is 31.7. The number of carbonyl (C=O) groups is 2.